The molecule has 1 fully saturated rings. The lowest BCUT2D eigenvalue weighted by molar-refractivity contribution is -0.137. The van der Waals surface area contributed by atoms with Crippen molar-refractivity contribution in [2.75, 3.05) is 62.4 Å². The zero-order chi connectivity index (χ0) is 39.7. The zero-order valence-electron chi connectivity index (χ0n) is 30.9. The Kier molecular flexibility index (Phi) is 13.1. The number of aromatic nitrogens is 1. The van der Waals surface area contributed by atoms with Crippen LogP contribution < -0.4 is 24.4 Å². The maximum Gasteiger partial charge on any atom is 0.418 e. The van der Waals surface area contributed by atoms with E-state index in [1.54, 1.807) is 31.6 Å². The fourth-order valence-corrected chi connectivity index (χ4v) is 8.09. The van der Waals surface area contributed by atoms with Gasteiger partial charge in [0, 0.05) is 84.2 Å². The Balaban J connectivity index is 1.03. The first-order chi connectivity index (χ1) is 26.9. The molecule has 0 atom stereocenters. The number of rotatable bonds is 15. The normalized spacial score (nSPS) is 13.6. The van der Waals surface area contributed by atoms with E-state index >= 15 is 0 Å². The van der Waals surface area contributed by atoms with Crippen molar-refractivity contribution in [3.05, 3.63) is 126 Å². The number of nitrogens with one attached hydrogen (secondary N) is 2. The lowest BCUT2D eigenvalue weighted by Gasteiger charge is -2.36. The molecule has 294 valence electrons. The summed E-state index contributed by atoms with van der Waals surface area (Å²) >= 11 is 1.48. The van der Waals surface area contributed by atoms with Gasteiger partial charge in [-0.05, 0) is 79.2 Å². The summed E-state index contributed by atoms with van der Waals surface area (Å²) in [4.78, 5) is 22.1. The topological polar surface area (TPSA) is 113 Å². The first kappa shape index (κ1) is 40.4. The third kappa shape index (κ3) is 10.3. The molecule has 4 aromatic carbocycles. The Morgan fingerprint density at radius 2 is 1.64 bits per heavy atom. The third-order valence-electron chi connectivity index (χ3n) is 9.17. The smallest absolute Gasteiger partial charge is 0.418 e. The predicted octanol–water partition coefficient (Wildman–Crippen LogP) is 7.82. The van der Waals surface area contributed by atoms with Gasteiger partial charge in [-0.1, -0.05) is 30.3 Å². The summed E-state index contributed by atoms with van der Waals surface area (Å²) < 4.78 is 81.5. The second kappa shape index (κ2) is 18.1. The summed E-state index contributed by atoms with van der Waals surface area (Å²) in [6.07, 6.45) is -1.36. The first-order valence-electron chi connectivity index (χ1n) is 18.0. The quantitative estimate of drug-likeness (QED) is 0.0803. The summed E-state index contributed by atoms with van der Waals surface area (Å²) in [6.45, 7) is 6.37. The Labute approximate surface area is 329 Å². The molecule has 0 saturated carbocycles. The average molecular weight is 806 g/mol. The average Bonchev–Trinajstić information content (AvgIpc) is 3.20. The lowest BCUT2D eigenvalue weighted by Crippen LogP contribution is -2.46. The van der Waals surface area contributed by atoms with E-state index in [1.807, 2.05) is 60.2 Å². The number of anilines is 2. The molecule has 2 heterocycles. The van der Waals surface area contributed by atoms with E-state index in [1.165, 1.54) is 23.9 Å². The Morgan fingerprint density at radius 3 is 2.34 bits per heavy atom. The first-order valence-corrected chi connectivity index (χ1v) is 20.4. The van der Waals surface area contributed by atoms with Gasteiger partial charge in [0.25, 0.3) is 15.9 Å². The molecule has 1 aliphatic heterocycles. The third-order valence-corrected chi connectivity index (χ3v) is 11.5. The molecule has 0 bridgehead atoms. The van der Waals surface area contributed by atoms with Crippen molar-refractivity contribution in [2.24, 2.45) is 0 Å². The van der Waals surface area contributed by atoms with Crippen molar-refractivity contribution in [2.45, 2.75) is 29.4 Å². The molecule has 10 nitrogen and oxygen atoms in total. The van der Waals surface area contributed by atoms with E-state index in [4.69, 9.17) is 9.47 Å². The molecule has 15 heteroatoms. The van der Waals surface area contributed by atoms with E-state index in [0.717, 1.165) is 58.2 Å². The van der Waals surface area contributed by atoms with Gasteiger partial charge < -0.3 is 19.7 Å². The van der Waals surface area contributed by atoms with Gasteiger partial charge in [0.15, 0.2) is 0 Å². The van der Waals surface area contributed by atoms with E-state index in [9.17, 15) is 26.4 Å². The number of benzene rings is 4. The summed E-state index contributed by atoms with van der Waals surface area (Å²) in [5.74, 6) is 1.02. The number of alkyl halides is 3. The van der Waals surface area contributed by atoms with Crippen LogP contribution in [0.15, 0.2) is 119 Å². The van der Waals surface area contributed by atoms with Crippen LogP contribution in [0, 0.1) is 0 Å². The van der Waals surface area contributed by atoms with Crippen molar-refractivity contribution >= 4 is 39.1 Å². The Hall–Kier alpha value is -5.25. The monoisotopic (exact) mass is 805 g/mol. The highest BCUT2D eigenvalue weighted by atomic mass is 32.2. The van der Waals surface area contributed by atoms with Gasteiger partial charge in [-0.15, -0.1) is 11.8 Å². The van der Waals surface area contributed by atoms with Crippen molar-refractivity contribution in [1.82, 2.24) is 14.6 Å². The molecule has 0 spiro atoms. The molecule has 6 rings (SSSR count). The fraction of sp³-hybridized carbons (Fsp3) is 0.268. The van der Waals surface area contributed by atoms with E-state index < -0.39 is 32.6 Å². The second-order valence-electron chi connectivity index (χ2n) is 12.9. The summed E-state index contributed by atoms with van der Waals surface area (Å²) in [5, 5.41) is 2.76. The number of thioether (sulfide) groups is 1. The van der Waals surface area contributed by atoms with Crippen molar-refractivity contribution in [3.8, 4) is 22.6 Å². The van der Waals surface area contributed by atoms with Crippen LogP contribution in [0.25, 0.3) is 11.1 Å². The van der Waals surface area contributed by atoms with Crippen LogP contribution in [0.4, 0.5) is 24.5 Å². The number of nitrogens with zero attached hydrogens (tertiary/aromatic N) is 3. The molecule has 1 aromatic heterocycles. The number of halogens is 3. The number of carbonyl (C=O) groups is 1. The Morgan fingerprint density at radius 1 is 0.893 bits per heavy atom. The van der Waals surface area contributed by atoms with Gasteiger partial charge in [0.05, 0.1) is 30.4 Å². The maximum absolute atomic E-state index is 14.0. The molecule has 2 N–H and O–H groups in total. The number of sulfonamides is 1. The number of ether oxygens (including phenoxy) is 2. The van der Waals surface area contributed by atoms with Crippen molar-refractivity contribution in [1.29, 1.82) is 0 Å². The standard InChI is InChI=1S/C41H42F3N5O5S2/c1-3-54-34-23-32(26-45-27-34)30-9-10-31(39(24-30)53-2)28-48-18-20-49(21-19-48)33-13-11-29(12-14-33)40(50)47-56(51,52)36-15-16-38(37(25-36)41(42,43)44)46-17-22-55-35-7-5-4-6-8-35/h4-16,23-27,46H,3,17-22,28H2,1-2H3,(H,47,50). The van der Waals surface area contributed by atoms with Gasteiger partial charge in [-0.2, -0.15) is 13.2 Å². The minimum atomic E-state index is -4.83. The highest BCUT2D eigenvalue weighted by Crippen LogP contribution is 2.37. The van der Waals surface area contributed by atoms with Crippen molar-refractivity contribution < 1.29 is 35.9 Å². The summed E-state index contributed by atoms with van der Waals surface area (Å²) in [6, 6.07) is 26.6. The number of carbonyl (C=O) groups excluding carboxylic acids is 1. The molecular formula is C41H42F3N5O5S2. The van der Waals surface area contributed by atoms with E-state index in [-0.39, 0.29) is 17.8 Å². The fourth-order valence-electron chi connectivity index (χ4n) is 6.30. The van der Waals surface area contributed by atoms with E-state index in [2.05, 4.69) is 26.2 Å². The van der Waals surface area contributed by atoms with Crippen LogP contribution in [0.2, 0.25) is 0 Å². The van der Waals surface area contributed by atoms with Gasteiger partial charge in [0.1, 0.15) is 11.5 Å². The molecule has 5 aromatic rings. The second-order valence-corrected chi connectivity index (χ2v) is 15.8. The lowest BCUT2D eigenvalue weighted by atomic mass is 10.0. The van der Waals surface area contributed by atoms with Crippen LogP contribution in [0.1, 0.15) is 28.4 Å². The number of hydrogen-bond donors (Lipinski definition) is 2. The maximum atomic E-state index is 14.0. The minimum absolute atomic E-state index is 0.0529. The SMILES string of the molecule is CCOc1cncc(-c2ccc(CN3CCN(c4ccc(C(=O)NS(=O)(=O)c5ccc(NCCSc6ccccc6)c(C(F)(F)F)c5)cc4)CC3)c(OC)c2)c1. The zero-order valence-corrected chi connectivity index (χ0v) is 32.5. The molecule has 56 heavy (non-hydrogen) atoms. The van der Waals surface area contributed by atoms with Crippen molar-refractivity contribution in [3.63, 3.8) is 0 Å². The van der Waals surface area contributed by atoms with Gasteiger partial charge in [0.2, 0.25) is 0 Å². The van der Waals surface area contributed by atoms with Crippen LogP contribution in [-0.2, 0) is 22.7 Å². The summed E-state index contributed by atoms with van der Waals surface area (Å²) in [5.41, 5.74) is 2.48. The number of pyridine rings is 1. The van der Waals surface area contributed by atoms with Crippen LogP contribution >= 0.6 is 11.8 Å². The molecule has 0 unspecified atom stereocenters. The number of amides is 1. The highest BCUT2D eigenvalue weighted by molar-refractivity contribution is 7.99. The number of hydrogen-bond acceptors (Lipinski definition) is 10. The predicted molar refractivity (Wildman–Crippen MR) is 213 cm³/mol. The molecule has 0 radical (unpaired) electrons. The molecule has 1 saturated heterocycles. The minimum Gasteiger partial charge on any atom is -0.496 e. The largest absolute Gasteiger partial charge is 0.496 e. The highest BCUT2D eigenvalue weighted by Gasteiger charge is 2.35. The van der Waals surface area contributed by atoms with Gasteiger partial charge >= 0.3 is 6.18 Å². The van der Waals surface area contributed by atoms with Crippen LogP contribution in [-0.4, -0.2) is 76.4 Å². The molecule has 1 amide bonds. The van der Waals surface area contributed by atoms with Gasteiger partial charge in [-0.3, -0.25) is 14.7 Å². The number of piperazine rings is 1. The van der Waals surface area contributed by atoms with Gasteiger partial charge in [-0.25, -0.2) is 13.1 Å². The van der Waals surface area contributed by atoms with Crippen LogP contribution in [0.3, 0.4) is 0 Å². The Bertz CT molecular complexity index is 2220. The van der Waals surface area contributed by atoms with E-state index in [0.29, 0.717) is 43.8 Å². The molecular weight excluding hydrogens is 764 g/mol. The summed E-state index contributed by atoms with van der Waals surface area (Å²) in [7, 11) is -2.97. The molecule has 0 aliphatic carbocycles. The molecule has 1 aliphatic rings. The van der Waals surface area contributed by atoms with Crippen LogP contribution in [0.5, 0.6) is 11.5 Å². The number of methoxy groups -OCH3 is 1.